The molecule has 2 aliphatic carbocycles. The van der Waals surface area contributed by atoms with Gasteiger partial charge in [-0.15, -0.1) is 0 Å². The highest BCUT2D eigenvalue weighted by atomic mass is 15.2. The molecular weight excluding hydrogens is 244 g/mol. The minimum atomic E-state index is 0.686. The Morgan fingerprint density at radius 3 is 2.50 bits per heavy atom. The van der Waals surface area contributed by atoms with E-state index in [4.69, 9.17) is 0 Å². The SMILES string of the molecule is CCNC1CCC(c2ccccc2)CC1N(C)C1CC1. The monoisotopic (exact) mass is 272 g/mol. The number of hydrogen-bond acceptors (Lipinski definition) is 2. The average molecular weight is 272 g/mol. The number of nitrogens with one attached hydrogen (secondary N) is 1. The second-order valence-electron chi connectivity index (χ2n) is 6.55. The van der Waals surface area contributed by atoms with Gasteiger partial charge in [0.2, 0.25) is 0 Å². The fourth-order valence-electron chi connectivity index (χ4n) is 3.88. The third-order valence-electron chi connectivity index (χ3n) is 5.20. The Morgan fingerprint density at radius 2 is 1.85 bits per heavy atom. The lowest BCUT2D eigenvalue weighted by atomic mass is 9.78. The molecule has 20 heavy (non-hydrogen) atoms. The second kappa shape index (κ2) is 6.28. The molecule has 0 spiro atoms. The van der Waals surface area contributed by atoms with Crippen LogP contribution in [0.15, 0.2) is 30.3 Å². The van der Waals surface area contributed by atoms with Gasteiger partial charge in [-0.05, 0) is 57.2 Å². The molecule has 1 aromatic rings. The summed E-state index contributed by atoms with van der Waals surface area (Å²) in [4.78, 5) is 2.67. The van der Waals surface area contributed by atoms with E-state index in [0.717, 1.165) is 18.5 Å². The standard InChI is InChI=1S/C18H28N2/c1-3-19-17-12-9-15(14-7-5-4-6-8-14)13-18(17)20(2)16-10-11-16/h4-8,15-19H,3,9-13H2,1-2H3. The summed E-state index contributed by atoms with van der Waals surface area (Å²) in [5, 5.41) is 3.73. The molecule has 0 aromatic heterocycles. The molecule has 2 saturated carbocycles. The van der Waals surface area contributed by atoms with E-state index in [2.05, 4.69) is 54.5 Å². The summed E-state index contributed by atoms with van der Waals surface area (Å²) in [5.74, 6) is 0.748. The van der Waals surface area contributed by atoms with Crippen LogP contribution in [0.25, 0.3) is 0 Å². The van der Waals surface area contributed by atoms with Gasteiger partial charge in [0.1, 0.15) is 0 Å². The minimum absolute atomic E-state index is 0.686. The van der Waals surface area contributed by atoms with Crippen LogP contribution in [0, 0.1) is 0 Å². The molecule has 0 heterocycles. The van der Waals surface area contributed by atoms with Gasteiger partial charge in [0.15, 0.2) is 0 Å². The third kappa shape index (κ3) is 3.07. The summed E-state index contributed by atoms with van der Waals surface area (Å²) in [6.45, 7) is 3.33. The molecule has 2 fully saturated rings. The van der Waals surface area contributed by atoms with E-state index in [1.54, 1.807) is 0 Å². The van der Waals surface area contributed by atoms with Crippen LogP contribution in [-0.2, 0) is 0 Å². The summed E-state index contributed by atoms with van der Waals surface area (Å²) >= 11 is 0. The third-order valence-corrected chi connectivity index (χ3v) is 5.20. The maximum atomic E-state index is 3.73. The Bertz CT molecular complexity index is 413. The first-order valence-corrected chi connectivity index (χ1v) is 8.30. The molecule has 2 nitrogen and oxygen atoms in total. The zero-order valence-corrected chi connectivity index (χ0v) is 12.9. The lowest BCUT2D eigenvalue weighted by Gasteiger charge is -2.42. The molecule has 1 aromatic carbocycles. The van der Waals surface area contributed by atoms with Crippen molar-refractivity contribution >= 4 is 0 Å². The van der Waals surface area contributed by atoms with Crippen molar-refractivity contribution in [2.75, 3.05) is 13.6 Å². The lowest BCUT2D eigenvalue weighted by Crippen LogP contribution is -2.52. The summed E-state index contributed by atoms with van der Waals surface area (Å²) in [6, 6.07) is 13.4. The molecule has 1 N–H and O–H groups in total. The zero-order valence-electron chi connectivity index (χ0n) is 12.9. The minimum Gasteiger partial charge on any atom is -0.313 e. The van der Waals surface area contributed by atoms with Crippen LogP contribution < -0.4 is 5.32 Å². The van der Waals surface area contributed by atoms with Crippen molar-refractivity contribution in [3.8, 4) is 0 Å². The number of hydrogen-bond donors (Lipinski definition) is 1. The van der Waals surface area contributed by atoms with Crippen LogP contribution in [-0.4, -0.2) is 36.6 Å². The number of nitrogens with zero attached hydrogens (tertiary/aromatic N) is 1. The van der Waals surface area contributed by atoms with E-state index in [-0.39, 0.29) is 0 Å². The van der Waals surface area contributed by atoms with E-state index in [0.29, 0.717) is 12.1 Å². The molecular formula is C18H28N2. The van der Waals surface area contributed by atoms with E-state index in [1.807, 2.05) is 0 Å². The van der Waals surface area contributed by atoms with Gasteiger partial charge >= 0.3 is 0 Å². The molecule has 3 atom stereocenters. The highest BCUT2D eigenvalue weighted by Crippen LogP contribution is 2.38. The predicted molar refractivity (Wildman–Crippen MR) is 85.1 cm³/mol. The Balaban J connectivity index is 1.72. The van der Waals surface area contributed by atoms with Gasteiger partial charge < -0.3 is 5.32 Å². The maximum absolute atomic E-state index is 3.73. The van der Waals surface area contributed by atoms with Gasteiger partial charge in [-0.25, -0.2) is 0 Å². The Morgan fingerprint density at radius 1 is 1.10 bits per heavy atom. The van der Waals surface area contributed by atoms with Crippen molar-refractivity contribution in [3.63, 3.8) is 0 Å². The lowest BCUT2D eigenvalue weighted by molar-refractivity contribution is 0.132. The van der Waals surface area contributed by atoms with E-state index >= 15 is 0 Å². The van der Waals surface area contributed by atoms with Crippen molar-refractivity contribution in [2.45, 2.75) is 63.1 Å². The highest BCUT2D eigenvalue weighted by molar-refractivity contribution is 5.21. The van der Waals surface area contributed by atoms with E-state index < -0.39 is 0 Å². The van der Waals surface area contributed by atoms with Crippen LogP contribution in [0.3, 0.4) is 0 Å². The number of benzene rings is 1. The van der Waals surface area contributed by atoms with Crippen molar-refractivity contribution in [1.29, 1.82) is 0 Å². The number of rotatable bonds is 5. The first-order chi connectivity index (χ1) is 9.79. The van der Waals surface area contributed by atoms with Crippen LogP contribution in [0.2, 0.25) is 0 Å². The molecule has 0 aliphatic heterocycles. The van der Waals surface area contributed by atoms with Gasteiger partial charge in [0, 0.05) is 18.1 Å². The first kappa shape index (κ1) is 14.1. The predicted octanol–water partition coefficient (Wildman–Crippen LogP) is 3.40. The van der Waals surface area contributed by atoms with Gasteiger partial charge in [0.25, 0.3) is 0 Å². The summed E-state index contributed by atoms with van der Waals surface area (Å²) in [6.07, 6.45) is 6.77. The second-order valence-corrected chi connectivity index (χ2v) is 6.55. The molecule has 0 bridgehead atoms. The largest absolute Gasteiger partial charge is 0.313 e. The van der Waals surface area contributed by atoms with Crippen molar-refractivity contribution in [1.82, 2.24) is 10.2 Å². The van der Waals surface area contributed by atoms with Crippen molar-refractivity contribution in [3.05, 3.63) is 35.9 Å². The first-order valence-electron chi connectivity index (χ1n) is 8.30. The van der Waals surface area contributed by atoms with Crippen LogP contribution in [0.4, 0.5) is 0 Å². The zero-order chi connectivity index (χ0) is 13.9. The molecule has 0 saturated heterocycles. The summed E-state index contributed by atoms with van der Waals surface area (Å²) in [7, 11) is 2.35. The Hall–Kier alpha value is -0.860. The van der Waals surface area contributed by atoms with Crippen molar-refractivity contribution in [2.24, 2.45) is 0 Å². The summed E-state index contributed by atoms with van der Waals surface area (Å²) in [5.41, 5.74) is 1.54. The van der Waals surface area contributed by atoms with E-state index in [9.17, 15) is 0 Å². The van der Waals surface area contributed by atoms with Crippen LogP contribution in [0.5, 0.6) is 0 Å². The molecule has 0 amide bonds. The maximum Gasteiger partial charge on any atom is 0.0255 e. The van der Waals surface area contributed by atoms with Gasteiger partial charge in [-0.3, -0.25) is 4.90 Å². The molecule has 110 valence electrons. The van der Waals surface area contributed by atoms with Crippen LogP contribution in [0.1, 0.15) is 50.5 Å². The molecule has 2 heteroatoms. The van der Waals surface area contributed by atoms with Crippen molar-refractivity contribution < 1.29 is 0 Å². The summed E-state index contributed by atoms with van der Waals surface area (Å²) < 4.78 is 0. The van der Waals surface area contributed by atoms with Gasteiger partial charge in [0.05, 0.1) is 0 Å². The molecule has 2 aliphatic rings. The fourth-order valence-corrected chi connectivity index (χ4v) is 3.88. The average Bonchev–Trinajstić information content (AvgIpc) is 3.33. The fraction of sp³-hybridized carbons (Fsp3) is 0.667. The molecule has 0 radical (unpaired) electrons. The molecule has 3 rings (SSSR count). The van der Waals surface area contributed by atoms with Gasteiger partial charge in [-0.1, -0.05) is 37.3 Å². The topological polar surface area (TPSA) is 15.3 Å². The Labute approximate surface area is 123 Å². The quantitative estimate of drug-likeness (QED) is 0.884. The highest BCUT2D eigenvalue weighted by Gasteiger charge is 2.38. The van der Waals surface area contributed by atoms with E-state index in [1.165, 1.54) is 37.7 Å². The number of likely N-dealkylation sites (N-methyl/N-ethyl adjacent to an activating group) is 2. The molecule has 3 unspecified atom stereocenters. The normalized spacial score (nSPS) is 30.6. The van der Waals surface area contributed by atoms with Crippen LogP contribution >= 0.6 is 0 Å². The smallest absolute Gasteiger partial charge is 0.0255 e. The Kier molecular flexibility index (Phi) is 4.42. The van der Waals surface area contributed by atoms with Gasteiger partial charge in [-0.2, -0.15) is 0 Å².